The van der Waals surface area contributed by atoms with Crippen molar-refractivity contribution in [2.75, 3.05) is 7.11 Å². The quantitative estimate of drug-likeness (QED) is 0.290. The van der Waals surface area contributed by atoms with Crippen molar-refractivity contribution in [1.82, 2.24) is 14.8 Å². The number of ether oxygens (including phenoxy) is 1. The predicted octanol–water partition coefficient (Wildman–Crippen LogP) is 6.74. The molecule has 2 heterocycles. The van der Waals surface area contributed by atoms with Gasteiger partial charge in [-0.1, -0.05) is 92.8 Å². The van der Waals surface area contributed by atoms with Crippen molar-refractivity contribution in [1.29, 1.82) is 0 Å². The van der Waals surface area contributed by atoms with E-state index in [-0.39, 0.29) is 24.4 Å². The minimum Gasteiger partial charge on any atom is -0.496 e. The Morgan fingerprint density at radius 1 is 0.927 bits per heavy atom. The summed E-state index contributed by atoms with van der Waals surface area (Å²) in [7, 11) is 1.64. The molecule has 0 unspecified atom stereocenters. The van der Waals surface area contributed by atoms with Gasteiger partial charge in [0.1, 0.15) is 11.4 Å². The monoisotopic (exact) mass is 549 g/mol. The largest absolute Gasteiger partial charge is 0.496 e. The first-order valence-electron chi connectivity index (χ1n) is 14.9. The Kier molecular flexibility index (Phi) is 7.57. The number of carbonyl (C=O) groups is 2. The number of fused-ring (bicyclic) bond motifs is 3. The van der Waals surface area contributed by atoms with Crippen molar-refractivity contribution in [3.63, 3.8) is 0 Å². The maximum absolute atomic E-state index is 14.9. The molecule has 4 aromatic rings. The third kappa shape index (κ3) is 5.01. The van der Waals surface area contributed by atoms with Crippen molar-refractivity contribution in [3.8, 4) is 5.75 Å². The average Bonchev–Trinajstić information content (AvgIpc) is 3.34. The zero-order valence-electron chi connectivity index (χ0n) is 24.1. The van der Waals surface area contributed by atoms with Gasteiger partial charge in [0, 0.05) is 22.5 Å². The molecule has 1 aliphatic heterocycles. The first-order chi connectivity index (χ1) is 20.0. The molecular formula is C35H39N3O3. The number of amides is 2. The molecular weight excluding hydrogens is 510 g/mol. The average molecular weight is 550 g/mol. The van der Waals surface area contributed by atoms with Gasteiger partial charge in [-0.15, -0.1) is 0 Å². The van der Waals surface area contributed by atoms with Gasteiger partial charge in [0.05, 0.1) is 20.2 Å². The van der Waals surface area contributed by atoms with Crippen LogP contribution in [0.1, 0.15) is 72.1 Å². The molecule has 0 spiro atoms. The van der Waals surface area contributed by atoms with E-state index >= 15 is 0 Å². The predicted molar refractivity (Wildman–Crippen MR) is 162 cm³/mol. The highest BCUT2D eigenvalue weighted by atomic mass is 16.5. The van der Waals surface area contributed by atoms with E-state index in [4.69, 9.17) is 4.74 Å². The van der Waals surface area contributed by atoms with E-state index in [1.807, 2.05) is 60.7 Å². The van der Waals surface area contributed by atoms with E-state index in [9.17, 15) is 9.59 Å². The summed E-state index contributed by atoms with van der Waals surface area (Å²) < 4.78 is 7.75. The topological polar surface area (TPSA) is 63.6 Å². The Morgan fingerprint density at radius 2 is 1.63 bits per heavy atom. The highest BCUT2D eigenvalue weighted by Gasteiger charge is 2.53. The zero-order chi connectivity index (χ0) is 28.4. The van der Waals surface area contributed by atoms with E-state index in [0.717, 1.165) is 53.3 Å². The molecule has 3 aromatic carbocycles. The number of hydrogen-bond acceptors (Lipinski definition) is 3. The Balaban J connectivity index is 1.53. The minimum atomic E-state index is -1.25. The maximum Gasteiger partial charge on any atom is 0.272 e. The van der Waals surface area contributed by atoms with E-state index in [1.165, 1.54) is 19.3 Å². The Morgan fingerprint density at radius 3 is 2.39 bits per heavy atom. The van der Waals surface area contributed by atoms with Gasteiger partial charge in [-0.05, 0) is 49.1 Å². The van der Waals surface area contributed by atoms with Crippen LogP contribution in [-0.4, -0.2) is 34.4 Å². The molecule has 6 heteroatoms. The summed E-state index contributed by atoms with van der Waals surface area (Å²) in [5, 5.41) is 4.47. The van der Waals surface area contributed by atoms with Crippen LogP contribution >= 0.6 is 0 Å². The fourth-order valence-electron chi connectivity index (χ4n) is 6.74. The molecule has 0 saturated heterocycles. The van der Waals surface area contributed by atoms with E-state index < -0.39 is 5.54 Å². The number of carbonyl (C=O) groups excluding carboxylic acids is 2. The number of aryl methyl sites for hydroxylation is 1. The Bertz CT molecular complexity index is 1550. The number of nitrogens with zero attached hydrogens (tertiary/aromatic N) is 2. The lowest BCUT2D eigenvalue weighted by molar-refractivity contribution is -0.136. The van der Waals surface area contributed by atoms with Gasteiger partial charge in [-0.2, -0.15) is 0 Å². The van der Waals surface area contributed by atoms with Crippen molar-refractivity contribution in [2.24, 2.45) is 0 Å². The van der Waals surface area contributed by atoms with Crippen LogP contribution < -0.4 is 10.1 Å². The lowest BCUT2D eigenvalue weighted by Crippen LogP contribution is -2.64. The molecule has 2 amide bonds. The zero-order valence-corrected chi connectivity index (χ0v) is 24.1. The summed E-state index contributed by atoms with van der Waals surface area (Å²) in [6.45, 7) is 2.64. The lowest BCUT2D eigenvalue weighted by Gasteiger charge is -2.47. The van der Waals surface area contributed by atoms with Crippen LogP contribution in [0.5, 0.6) is 5.75 Å². The SMILES string of the molecule is COc1ccccc1CN1C(=O)c2cc3ccc(C)cc3n2C[C@]1(C(=O)NC1CCCCCCC1)c1ccccc1. The molecule has 41 heavy (non-hydrogen) atoms. The number of rotatable bonds is 6. The van der Waals surface area contributed by atoms with Crippen LogP contribution in [0.2, 0.25) is 0 Å². The number of nitrogens with one attached hydrogen (secondary N) is 1. The highest BCUT2D eigenvalue weighted by molar-refractivity contribution is 6.04. The smallest absolute Gasteiger partial charge is 0.272 e. The van der Waals surface area contributed by atoms with E-state index in [2.05, 4.69) is 35.0 Å². The fraction of sp³-hybridized carbons (Fsp3) is 0.371. The third-order valence-electron chi connectivity index (χ3n) is 8.96. The number of hydrogen-bond donors (Lipinski definition) is 1. The Labute approximate surface area is 242 Å². The second-order valence-electron chi connectivity index (χ2n) is 11.6. The molecule has 1 aliphatic carbocycles. The van der Waals surface area contributed by atoms with Gasteiger partial charge in [0.25, 0.3) is 11.8 Å². The highest BCUT2D eigenvalue weighted by Crippen LogP contribution is 2.41. The minimum absolute atomic E-state index is 0.0941. The van der Waals surface area contributed by atoms with Crippen LogP contribution in [0, 0.1) is 6.92 Å². The first-order valence-corrected chi connectivity index (χ1v) is 14.9. The van der Waals surface area contributed by atoms with Gasteiger partial charge in [0.2, 0.25) is 0 Å². The van der Waals surface area contributed by atoms with Crippen molar-refractivity contribution in [3.05, 3.63) is 101 Å². The summed E-state index contributed by atoms with van der Waals surface area (Å²) in [6.07, 6.45) is 7.82. The molecule has 1 saturated carbocycles. The first kappa shape index (κ1) is 27.1. The summed E-state index contributed by atoms with van der Waals surface area (Å²) >= 11 is 0. The number of benzene rings is 3. The molecule has 6 rings (SSSR count). The van der Waals surface area contributed by atoms with Crippen LogP contribution in [-0.2, 0) is 23.4 Å². The van der Waals surface area contributed by atoms with Crippen LogP contribution in [0.15, 0.2) is 78.9 Å². The molecule has 212 valence electrons. The molecule has 1 aromatic heterocycles. The Hall–Kier alpha value is -4.06. The summed E-state index contributed by atoms with van der Waals surface area (Å²) in [6, 6.07) is 25.9. The van der Waals surface area contributed by atoms with Crippen LogP contribution in [0.4, 0.5) is 0 Å². The molecule has 2 aliphatic rings. The van der Waals surface area contributed by atoms with Gasteiger partial charge in [-0.3, -0.25) is 9.59 Å². The number of methoxy groups -OCH3 is 1. The fourth-order valence-corrected chi connectivity index (χ4v) is 6.74. The standard InChI is InChI=1S/C35H39N3O3/c1-25-19-20-26-22-31-33(39)38(23-27-13-11-12-18-32(27)41-2)35(24-37(31)30(26)21-25,28-14-7-6-8-15-28)34(40)36-29-16-9-4-3-5-10-17-29/h6-8,11-15,18-22,29H,3-5,9-10,16-17,23-24H2,1-2H3,(H,36,40)/t35-/m1/s1. The van der Waals surface area contributed by atoms with Crippen molar-refractivity contribution >= 4 is 22.7 Å². The van der Waals surface area contributed by atoms with Crippen LogP contribution in [0.25, 0.3) is 10.9 Å². The summed E-state index contributed by atoms with van der Waals surface area (Å²) in [4.78, 5) is 31.3. The summed E-state index contributed by atoms with van der Waals surface area (Å²) in [5.74, 6) is 0.426. The number of aromatic nitrogens is 1. The van der Waals surface area contributed by atoms with Gasteiger partial charge in [-0.25, -0.2) is 0 Å². The van der Waals surface area contributed by atoms with Gasteiger partial charge in [0.15, 0.2) is 5.54 Å². The van der Waals surface area contributed by atoms with Gasteiger partial charge < -0.3 is 19.5 Å². The van der Waals surface area contributed by atoms with E-state index in [0.29, 0.717) is 18.0 Å². The maximum atomic E-state index is 14.9. The van der Waals surface area contributed by atoms with Crippen LogP contribution in [0.3, 0.4) is 0 Å². The van der Waals surface area contributed by atoms with Gasteiger partial charge >= 0.3 is 0 Å². The molecule has 1 atom stereocenters. The van der Waals surface area contributed by atoms with Crippen molar-refractivity contribution in [2.45, 2.75) is 76.5 Å². The van der Waals surface area contributed by atoms with E-state index in [1.54, 1.807) is 12.0 Å². The third-order valence-corrected chi connectivity index (χ3v) is 8.96. The molecule has 1 fully saturated rings. The van der Waals surface area contributed by atoms with Crippen molar-refractivity contribution < 1.29 is 14.3 Å². The molecule has 1 N–H and O–H groups in total. The molecule has 0 radical (unpaired) electrons. The lowest BCUT2D eigenvalue weighted by atomic mass is 9.83. The normalized spacial score (nSPS) is 19.9. The molecule has 6 nitrogen and oxygen atoms in total. The summed E-state index contributed by atoms with van der Waals surface area (Å²) in [5.41, 5.74) is 3.13. The number of para-hydroxylation sites is 1. The second kappa shape index (κ2) is 11.4. The molecule has 0 bridgehead atoms. The second-order valence-corrected chi connectivity index (χ2v) is 11.6.